The molecule has 0 spiro atoms. The van der Waals surface area contributed by atoms with E-state index >= 15 is 0 Å². The van der Waals surface area contributed by atoms with Crippen LogP contribution in [0, 0.1) is 0 Å². The molecule has 102 valence electrons. The predicted molar refractivity (Wildman–Crippen MR) is 77.2 cm³/mol. The van der Waals surface area contributed by atoms with Gasteiger partial charge in [-0.25, -0.2) is 8.42 Å². The van der Waals surface area contributed by atoms with Gasteiger partial charge in [0.05, 0.1) is 17.1 Å². The number of hydrogen-bond acceptors (Lipinski definition) is 3. The Morgan fingerprint density at radius 2 is 1.83 bits per heavy atom. The van der Waals surface area contributed by atoms with Crippen LogP contribution >= 0.6 is 0 Å². The topological polar surface area (TPSA) is 63.4 Å². The molecule has 0 aliphatic carbocycles. The molecular formula is C13H22N2O2S. The fourth-order valence-corrected chi connectivity index (χ4v) is 3.56. The van der Waals surface area contributed by atoms with E-state index in [0.717, 1.165) is 12.8 Å². The molecule has 0 saturated heterocycles. The average Bonchev–Trinajstić information content (AvgIpc) is 2.34. The molecule has 1 rings (SSSR count). The lowest BCUT2D eigenvalue weighted by molar-refractivity contribution is 0.587. The molecule has 0 radical (unpaired) electrons. The van der Waals surface area contributed by atoms with Gasteiger partial charge in [-0.2, -0.15) is 0 Å². The molecule has 0 aliphatic heterocycles. The Balaban J connectivity index is 3.07. The normalized spacial score (nSPS) is 11.4. The third-order valence-electron chi connectivity index (χ3n) is 2.72. The smallest absolute Gasteiger partial charge is 0.235 e. The lowest BCUT2D eigenvalue weighted by Gasteiger charge is -2.25. The molecule has 0 unspecified atom stereocenters. The van der Waals surface area contributed by atoms with Gasteiger partial charge < -0.3 is 5.73 Å². The summed E-state index contributed by atoms with van der Waals surface area (Å²) in [5.74, 6) is 0.178. The van der Waals surface area contributed by atoms with Crippen molar-refractivity contribution in [3.63, 3.8) is 0 Å². The molecule has 4 nitrogen and oxygen atoms in total. The first-order valence-electron chi connectivity index (χ1n) is 6.37. The Bertz CT molecular complexity index is 472. The molecule has 0 atom stereocenters. The van der Waals surface area contributed by atoms with E-state index in [9.17, 15) is 8.42 Å². The fraction of sp³-hybridized carbons (Fsp3) is 0.538. The Hall–Kier alpha value is -1.23. The highest BCUT2D eigenvalue weighted by molar-refractivity contribution is 7.92. The minimum absolute atomic E-state index is 0.178. The predicted octanol–water partition coefficient (Wildman–Crippen LogP) is 2.62. The van der Waals surface area contributed by atoms with Crippen LogP contribution in [-0.2, 0) is 10.0 Å². The number of anilines is 2. The van der Waals surface area contributed by atoms with E-state index < -0.39 is 10.0 Å². The highest BCUT2D eigenvalue weighted by Gasteiger charge is 2.22. The van der Waals surface area contributed by atoms with Crippen LogP contribution < -0.4 is 10.0 Å². The molecule has 0 saturated carbocycles. The number of rotatable bonds is 7. The molecule has 0 heterocycles. The van der Waals surface area contributed by atoms with Gasteiger partial charge in [0.15, 0.2) is 0 Å². The number of nitrogens with two attached hydrogens (primary N) is 1. The summed E-state index contributed by atoms with van der Waals surface area (Å²) >= 11 is 0. The van der Waals surface area contributed by atoms with Crippen molar-refractivity contribution in [3.8, 4) is 0 Å². The SMILES string of the molecule is CCCCS(=O)(=O)N(CCC)c1ccccc1N. The van der Waals surface area contributed by atoms with E-state index in [-0.39, 0.29) is 5.75 Å². The summed E-state index contributed by atoms with van der Waals surface area (Å²) in [6.07, 6.45) is 2.30. The van der Waals surface area contributed by atoms with E-state index in [4.69, 9.17) is 5.73 Å². The zero-order valence-electron chi connectivity index (χ0n) is 11.1. The quantitative estimate of drug-likeness (QED) is 0.775. The average molecular weight is 270 g/mol. The summed E-state index contributed by atoms with van der Waals surface area (Å²) in [5.41, 5.74) is 6.97. The number of nitrogen functional groups attached to an aromatic ring is 1. The van der Waals surface area contributed by atoms with Crippen LogP contribution in [0.1, 0.15) is 33.1 Å². The molecule has 18 heavy (non-hydrogen) atoms. The molecule has 0 amide bonds. The molecule has 0 bridgehead atoms. The second-order valence-electron chi connectivity index (χ2n) is 4.30. The van der Waals surface area contributed by atoms with Crippen LogP contribution in [0.2, 0.25) is 0 Å². The summed E-state index contributed by atoms with van der Waals surface area (Å²) in [4.78, 5) is 0. The molecule has 0 aliphatic rings. The van der Waals surface area contributed by atoms with E-state index in [2.05, 4.69) is 0 Å². The highest BCUT2D eigenvalue weighted by Crippen LogP contribution is 2.26. The largest absolute Gasteiger partial charge is 0.397 e. The number of para-hydroxylation sites is 2. The van der Waals surface area contributed by atoms with Crippen molar-refractivity contribution >= 4 is 21.4 Å². The summed E-state index contributed by atoms with van der Waals surface area (Å²) in [7, 11) is -3.27. The summed E-state index contributed by atoms with van der Waals surface area (Å²) in [6.45, 7) is 4.41. The van der Waals surface area contributed by atoms with Gasteiger partial charge in [-0.15, -0.1) is 0 Å². The number of nitrogens with zero attached hydrogens (tertiary/aromatic N) is 1. The van der Waals surface area contributed by atoms with E-state index in [1.54, 1.807) is 12.1 Å². The molecule has 1 aromatic carbocycles. The van der Waals surface area contributed by atoms with Crippen LogP contribution in [0.15, 0.2) is 24.3 Å². The maximum Gasteiger partial charge on any atom is 0.235 e. The third kappa shape index (κ3) is 3.63. The molecule has 0 fully saturated rings. The molecule has 0 aromatic heterocycles. The van der Waals surface area contributed by atoms with Crippen molar-refractivity contribution in [3.05, 3.63) is 24.3 Å². The van der Waals surface area contributed by atoms with Crippen molar-refractivity contribution in [1.82, 2.24) is 0 Å². The molecule has 5 heteroatoms. The van der Waals surface area contributed by atoms with Gasteiger partial charge in [0.2, 0.25) is 10.0 Å². The van der Waals surface area contributed by atoms with Gasteiger partial charge in [0, 0.05) is 6.54 Å². The molecule has 2 N–H and O–H groups in total. The van der Waals surface area contributed by atoms with Crippen molar-refractivity contribution < 1.29 is 8.42 Å². The van der Waals surface area contributed by atoms with E-state index in [0.29, 0.717) is 24.3 Å². The molecular weight excluding hydrogens is 248 g/mol. The first-order chi connectivity index (χ1) is 8.53. The summed E-state index contributed by atoms with van der Waals surface area (Å²) in [6, 6.07) is 7.10. The lowest BCUT2D eigenvalue weighted by Crippen LogP contribution is -2.34. The van der Waals surface area contributed by atoms with Crippen LogP contribution in [0.25, 0.3) is 0 Å². The molecule has 1 aromatic rings. The first-order valence-corrected chi connectivity index (χ1v) is 7.98. The maximum absolute atomic E-state index is 12.3. The summed E-state index contributed by atoms with van der Waals surface area (Å²) < 4.78 is 26.0. The van der Waals surface area contributed by atoms with E-state index in [1.165, 1.54) is 4.31 Å². The van der Waals surface area contributed by atoms with Crippen molar-refractivity contribution in [2.45, 2.75) is 33.1 Å². The maximum atomic E-state index is 12.3. The van der Waals surface area contributed by atoms with Gasteiger partial charge in [-0.05, 0) is 25.0 Å². The zero-order chi connectivity index (χ0) is 13.6. The van der Waals surface area contributed by atoms with Crippen LogP contribution in [-0.4, -0.2) is 20.7 Å². The number of unbranched alkanes of at least 4 members (excludes halogenated alkanes) is 1. The third-order valence-corrected chi connectivity index (χ3v) is 4.58. The van der Waals surface area contributed by atoms with Gasteiger partial charge in [-0.1, -0.05) is 32.4 Å². The Kier molecular flexibility index (Phi) is 5.47. The Morgan fingerprint density at radius 3 is 2.39 bits per heavy atom. The number of benzene rings is 1. The highest BCUT2D eigenvalue weighted by atomic mass is 32.2. The van der Waals surface area contributed by atoms with Gasteiger partial charge in [0.25, 0.3) is 0 Å². The van der Waals surface area contributed by atoms with Gasteiger partial charge in [0.1, 0.15) is 0 Å². The van der Waals surface area contributed by atoms with Gasteiger partial charge >= 0.3 is 0 Å². The van der Waals surface area contributed by atoms with Crippen molar-refractivity contribution in [1.29, 1.82) is 0 Å². The minimum atomic E-state index is -3.27. The van der Waals surface area contributed by atoms with Gasteiger partial charge in [-0.3, -0.25) is 4.31 Å². The second-order valence-corrected chi connectivity index (χ2v) is 6.31. The van der Waals surface area contributed by atoms with Crippen LogP contribution in [0.5, 0.6) is 0 Å². The first kappa shape index (κ1) is 14.8. The van der Waals surface area contributed by atoms with Crippen molar-refractivity contribution in [2.24, 2.45) is 0 Å². The zero-order valence-corrected chi connectivity index (χ0v) is 11.9. The van der Waals surface area contributed by atoms with E-state index in [1.807, 2.05) is 26.0 Å². The van der Waals surface area contributed by atoms with Crippen LogP contribution in [0.4, 0.5) is 11.4 Å². The fourth-order valence-electron chi connectivity index (χ4n) is 1.76. The number of sulfonamides is 1. The van der Waals surface area contributed by atoms with Crippen LogP contribution in [0.3, 0.4) is 0 Å². The lowest BCUT2D eigenvalue weighted by atomic mass is 10.2. The second kappa shape index (κ2) is 6.64. The summed E-state index contributed by atoms with van der Waals surface area (Å²) in [5, 5.41) is 0. The monoisotopic (exact) mass is 270 g/mol. The standard InChI is InChI=1S/C13H22N2O2S/c1-3-5-11-18(16,17)15(10-4-2)13-9-7-6-8-12(13)14/h6-9H,3-5,10-11,14H2,1-2H3. The minimum Gasteiger partial charge on any atom is -0.397 e. The number of hydrogen-bond donors (Lipinski definition) is 1. The Labute approximate surface area is 110 Å². The Morgan fingerprint density at radius 1 is 1.17 bits per heavy atom. The van der Waals surface area contributed by atoms with Crippen molar-refractivity contribution in [2.75, 3.05) is 22.3 Å².